The Morgan fingerprint density at radius 3 is 2.62 bits per heavy atom. The van der Waals surface area contributed by atoms with Gasteiger partial charge in [-0.1, -0.05) is 35.4 Å². The Balaban J connectivity index is 2.06. The van der Waals surface area contributed by atoms with Crippen LogP contribution in [0.15, 0.2) is 52.0 Å². The van der Waals surface area contributed by atoms with E-state index < -0.39 is 0 Å². The highest BCUT2D eigenvalue weighted by Crippen LogP contribution is 2.34. The summed E-state index contributed by atoms with van der Waals surface area (Å²) in [7, 11) is 0. The molecule has 1 aliphatic rings. The van der Waals surface area contributed by atoms with Gasteiger partial charge in [0.1, 0.15) is 11.3 Å². The second-order valence-electron chi connectivity index (χ2n) is 4.46. The summed E-state index contributed by atoms with van der Waals surface area (Å²) in [5.74, 6) is 1.01. The summed E-state index contributed by atoms with van der Waals surface area (Å²) in [6.07, 6.45) is 3.25. The minimum atomic E-state index is 0.973. The van der Waals surface area contributed by atoms with E-state index in [-0.39, 0.29) is 0 Å². The second-order valence-corrected chi connectivity index (χ2v) is 4.46. The lowest BCUT2D eigenvalue weighted by atomic mass is 10.1. The number of benzene rings is 1. The van der Waals surface area contributed by atoms with Crippen LogP contribution >= 0.6 is 0 Å². The maximum Gasteiger partial charge on any atom is 0.134 e. The van der Waals surface area contributed by atoms with Gasteiger partial charge in [0.15, 0.2) is 0 Å². The van der Waals surface area contributed by atoms with Crippen LogP contribution in [0.5, 0.6) is 0 Å². The molecule has 0 atom stereocenters. The van der Waals surface area contributed by atoms with Gasteiger partial charge >= 0.3 is 0 Å². The van der Waals surface area contributed by atoms with Gasteiger partial charge in [-0.25, -0.2) is 0 Å². The van der Waals surface area contributed by atoms with Gasteiger partial charge in [-0.05, 0) is 38.0 Å². The maximum atomic E-state index is 5.85. The minimum absolute atomic E-state index is 0.973. The Morgan fingerprint density at radius 1 is 1.12 bits per heavy atom. The Hall–Kier alpha value is -1.76. The Bertz CT molecular complexity index is 578. The summed E-state index contributed by atoms with van der Waals surface area (Å²) in [4.78, 5) is 0. The summed E-state index contributed by atoms with van der Waals surface area (Å²) >= 11 is 0. The number of fused-ring (bicyclic) bond motifs is 1. The first-order valence-corrected chi connectivity index (χ1v) is 5.60. The Morgan fingerprint density at radius 2 is 1.94 bits per heavy atom. The quantitative estimate of drug-likeness (QED) is 0.672. The van der Waals surface area contributed by atoms with Crippen LogP contribution in [0.1, 0.15) is 26.0 Å². The fourth-order valence-electron chi connectivity index (χ4n) is 2.16. The van der Waals surface area contributed by atoms with E-state index in [4.69, 9.17) is 4.42 Å². The summed E-state index contributed by atoms with van der Waals surface area (Å²) < 4.78 is 5.85. The predicted molar refractivity (Wildman–Crippen MR) is 67.2 cm³/mol. The van der Waals surface area contributed by atoms with Gasteiger partial charge in [0.05, 0.1) is 0 Å². The summed E-state index contributed by atoms with van der Waals surface area (Å²) in [6.45, 7) is 4.34. The lowest BCUT2D eigenvalue weighted by Gasteiger charge is -1.96. The third-order valence-corrected chi connectivity index (χ3v) is 3.26. The van der Waals surface area contributed by atoms with Crippen LogP contribution in [0.4, 0.5) is 0 Å². The molecule has 0 fully saturated rings. The van der Waals surface area contributed by atoms with Crippen molar-refractivity contribution in [2.75, 3.05) is 0 Å². The number of hydrogen-bond donors (Lipinski definition) is 0. The molecule has 0 saturated carbocycles. The van der Waals surface area contributed by atoms with Crippen LogP contribution in [0.25, 0.3) is 16.5 Å². The Kier molecular flexibility index (Phi) is 2.00. The average molecular weight is 210 g/mol. The molecule has 0 spiro atoms. The van der Waals surface area contributed by atoms with Crippen LogP contribution in [0, 0.1) is 0 Å². The molecule has 2 aromatic rings. The fourth-order valence-corrected chi connectivity index (χ4v) is 2.16. The molecule has 16 heavy (non-hydrogen) atoms. The molecule has 1 heteroatoms. The predicted octanol–water partition coefficient (Wildman–Crippen LogP) is 4.56. The molecule has 0 saturated heterocycles. The molecule has 0 radical (unpaired) electrons. The summed E-state index contributed by atoms with van der Waals surface area (Å²) in [5, 5.41) is 1.18. The Labute approximate surface area is 95.1 Å². The summed E-state index contributed by atoms with van der Waals surface area (Å²) in [5.41, 5.74) is 5.08. The van der Waals surface area contributed by atoms with E-state index >= 15 is 0 Å². The van der Waals surface area contributed by atoms with Gasteiger partial charge < -0.3 is 4.42 Å². The third kappa shape index (κ3) is 1.40. The van der Waals surface area contributed by atoms with E-state index in [1.807, 2.05) is 18.2 Å². The van der Waals surface area contributed by atoms with Crippen LogP contribution in [-0.2, 0) is 0 Å². The third-order valence-electron chi connectivity index (χ3n) is 3.26. The first-order valence-electron chi connectivity index (χ1n) is 5.60. The number of rotatable bonds is 1. The van der Waals surface area contributed by atoms with Crippen molar-refractivity contribution < 1.29 is 4.42 Å². The van der Waals surface area contributed by atoms with Crippen LogP contribution in [0.3, 0.4) is 0 Å². The molecular formula is C15H14O. The van der Waals surface area contributed by atoms with Gasteiger partial charge in [-0.15, -0.1) is 0 Å². The number of para-hydroxylation sites is 1. The molecule has 0 aliphatic heterocycles. The first kappa shape index (κ1) is 9.46. The maximum absolute atomic E-state index is 5.85. The number of furan rings is 1. The standard InChI is InChI=1S/C15H14O/c1-10-7-13(8-11(10)2)15-9-12-5-3-4-6-14(12)16-15/h3-7,9H,8H2,1-2H3. The molecule has 0 N–H and O–H groups in total. The van der Waals surface area contributed by atoms with E-state index in [1.165, 1.54) is 22.1 Å². The molecule has 1 aromatic heterocycles. The van der Waals surface area contributed by atoms with Gasteiger partial charge in [0.25, 0.3) is 0 Å². The highest BCUT2D eigenvalue weighted by Gasteiger charge is 2.14. The van der Waals surface area contributed by atoms with E-state index in [1.54, 1.807) is 0 Å². The largest absolute Gasteiger partial charge is 0.456 e. The molecule has 1 heterocycles. The smallest absolute Gasteiger partial charge is 0.134 e. The minimum Gasteiger partial charge on any atom is -0.456 e. The molecule has 80 valence electrons. The van der Waals surface area contributed by atoms with Gasteiger partial charge in [-0.2, -0.15) is 0 Å². The highest BCUT2D eigenvalue weighted by molar-refractivity contribution is 5.83. The second kappa shape index (κ2) is 3.38. The number of allylic oxidation sites excluding steroid dienone is 4. The zero-order valence-electron chi connectivity index (χ0n) is 9.58. The topological polar surface area (TPSA) is 13.1 Å². The van der Waals surface area contributed by atoms with E-state index in [0.717, 1.165) is 17.8 Å². The van der Waals surface area contributed by atoms with Crippen LogP contribution in [-0.4, -0.2) is 0 Å². The molecule has 0 bridgehead atoms. The van der Waals surface area contributed by atoms with Crippen molar-refractivity contribution in [2.45, 2.75) is 20.3 Å². The summed E-state index contributed by atoms with van der Waals surface area (Å²) in [6, 6.07) is 10.3. The lowest BCUT2D eigenvalue weighted by molar-refractivity contribution is 0.598. The van der Waals surface area contributed by atoms with E-state index in [0.29, 0.717) is 0 Å². The zero-order valence-corrected chi connectivity index (χ0v) is 9.58. The first-order chi connectivity index (χ1) is 7.74. The lowest BCUT2D eigenvalue weighted by Crippen LogP contribution is -1.76. The monoisotopic (exact) mass is 210 g/mol. The fraction of sp³-hybridized carbons (Fsp3) is 0.200. The van der Waals surface area contributed by atoms with Crippen molar-refractivity contribution in [3.63, 3.8) is 0 Å². The van der Waals surface area contributed by atoms with Crippen molar-refractivity contribution in [2.24, 2.45) is 0 Å². The molecule has 1 nitrogen and oxygen atoms in total. The zero-order chi connectivity index (χ0) is 11.1. The van der Waals surface area contributed by atoms with Crippen molar-refractivity contribution in [3.8, 4) is 0 Å². The molecule has 1 aromatic carbocycles. The number of hydrogen-bond acceptors (Lipinski definition) is 1. The van der Waals surface area contributed by atoms with Crippen molar-refractivity contribution in [1.82, 2.24) is 0 Å². The molecule has 1 aliphatic carbocycles. The van der Waals surface area contributed by atoms with E-state index in [2.05, 4.69) is 32.1 Å². The van der Waals surface area contributed by atoms with Crippen molar-refractivity contribution in [1.29, 1.82) is 0 Å². The molecule has 0 amide bonds. The van der Waals surface area contributed by atoms with Gasteiger partial charge in [0.2, 0.25) is 0 Å². The molecule has 3 rings (SSSR count). The van der Waals surface area contributed by atoms with Crippen LogP contribution in [0.2, 0.25) is 0 Å². The highest BCUT2D eigenvalue weighted by atomic mass is 16.3. The van der Waals surface area contributed by atoms with Gasteiger partial charge in [-0.3, -0.25) is 0 Å². The van der Waals surface area contributed by atoms with Crippen molar-refractivity contribution >= 4 is 16.5 Å². The molecular weight excluding hydrogens is 196 g/mol. The SMILES string of the molecule is CC1=C(C)CC(c2cc3ccccc3o2)=C1. The molecule has 0 unspecified atom stereocenters. The van der Waals surface area contributed by atoms with E-state index in [9.17, 15) is 0 Å². The van der Waals surface area contributed by atoms with Crippen LogP contribution < -0.4 is 0 Å². The van der Waals surface area contributed by atoms with Crippen molar-refractivity contribution in [3.05, 3.63) is 53.3 Å². The van der Waals surface area contributed by atoms with Gasteiger partial charge in [0, 0.05) is 5.39 Å². The normalized spacial score (nSPS) is 16.0. The average Bonchev–Trinajstić information content (AvgIpc) is 2.83.